The van der Waals surface area contributed by atoms with Crippen LogP contribution in [0, 0.1) is 5.92 Å². The first kappa shape index (κ1) is 16.5. The van der Waals surface area contributed by atoms with Crippen LogP contribution in [0.1, 0.15) is 43.6 Å². The number of piperidine rings is 1. The molecule has 4 nitrogen and oxygen atoms in total. The summed E-state index contributed by atoms with van der Waals surface area (Å²) in [6.45, 7) is 0.768. The van der Waals surface area contributed by atoms with Gasteiger partial charge in [-0.15, -0.1) is 0 Å². The minimum Gasteiger partial charge on any atom is -0.469 e. The zero-order valence-electron chi connectivity index (χ0n) is 13.3. The molecule has 1 heterocycles. The van der Waals surface area contributed by atoms with Gasteiger partial charge < -0.3 is 9.64 Å². The number of likely N-dealkylation sites (tertiary alicyclic amines) is 1. The fourth-order valence-corrected chi connectivity index (χ4v) is 3.80. The van der Waals surface area contributed by atoms with Gasteiger partial charge in [0.15, 0.2) is 0 Å². The number of benzene rings is 1. The highest BCUT2D eigenvalue weighted by atomic mass is 79.9. The molecule has 1 aromatic rings. The molecule has 1 aliphatic carbocycles. The van der Waals surface area contributed by atoms with Crippen LogP contribution in [0.25, 0.3) is 0 Å². The molecule has 2 aliphatic rings. The number of ether oxygens (including phenoxy) is 1. The van der Waals surface area contributed by atoms with E-state index in [1.54, 1.807) is 0 Å². The van der Waals surface area contributed by atoms with E-state index in [0.29, 0.717) is 12.3 Å². The normalized spacial score (nSPS) is 26.7. The molecule has 0 radical (unpaired) electrons. The van der Waals surface area contributed by atoms with Gasteiger partial charge in [0, 0.05) is 23.0 Å². The Balaban J connectivity index is 1.64. The van der Waals surface area contributed by atoms with Crippen LogP contribution < -0.4 is 0 Å². The average Bonchev–Trinajstić information content (AvgIpc) is 3.36. The quantitative estimate of drug-likeness (QED) is 0.752. The van der Waals surface area contributed by atoms with E-state index in [4.69, 9.17) is 4.74 Å². The third kappa shape index (κ3) is 3.77. The molecule has 1 saturated carbocycles. The predicted molar refractivity (Wildman–Crippen MR) is 91.0 cm³/mol. The minimum atomic E-state index is -0.227. The van der Waals surface area contributed by atoms with Crippen LogP contribution in [0.15, 0.2) is 28.7 Å². The molecular weight excluding hydrogens is 358 g/mol. The number of esters is 1. The number of halogens is 1. The number of carbonyl (C=O) groups excluding carboxylic acids is 2. The van der Waals surface area contributed by atoms with Gasteiger partial charge in [-0.2, -0.15) is 0 Å². The van der Waals surface area contributed by atoms with Crippen LogP contribution in [0.3, 0.4) is 0 Å². The average molecular weight is 380 g/mol. The summed E-state index contributed by atoms with van der Waals surface area (Å²) in [7, 11) is 1.40. The maximum absolute atomic E-state index is 12.9. The Kier molecular flexibility index (Phi) is 5.05. The van der Waals surface area contributed by atoms with Gasteiger partial charge in [-0.3, -0.25) is 9.59 Å². The van der Waals surface area contributed by atoms with Gasteiger partial charge in [-0.05, 0) is 49.3 Å². The molecule has 124 valence electrons. The van der Waals surface area contributed by atoms with E-state index >= 15 is 0 Å². The number of methoxy groups -OCH3 is 1. The van der Waals surface area contributed by atoms with Crippen LogP contribution in [0.4, 0.5) is 0 Å². The van der Waals surface area contributed by atoms with Crippen molar-refractivity contribution >= 4 is 27.8 Å². The summed E-state index contributed by atoms with van der Waals surface area (Å²) in [5.41, 5.74) is 1.23. The van der Waals surface area contributed by atoms with E-state index in [0.717, 1.165) is 36.7 Å². The summed E-state index contributed by atoms with van der Waals surface area (Å²) in [5.74, 6) is 0.396. The standard InChI is InChI=1S/C18H22BrNO3/c1-23-17(21)10-14-4-2-3-9-20(14)18(22)16-11-15(16)12-5-7-13(19)8-6-12/h5-8,14-16H,2-4,9-11H2,1H3/t14-,15-,16+/m0/s1. The molecule has 23 heavy (non-hydrogen) atoms. The van der Waals surface area contributed by atoms with E-state index in [-0.39, 0.29) is 23.8 Å². The lowest BCUT2D eigenvalue weighted by molar-refractivity contribution is -0.145. The third-order valence-electron chi connectivity index (χ3n) is 4.95. The largest absolute Gasteiger partial charge is 0.469 e. The van der Waals surface area contributed by atoms with Crippen molar-refractivity contribution in [3.8, 4) is 0 Å². The summed E-state index contributed by atoms with van der Waals surface area (Å²) in [6, 6.07) is 8.23. The van der Waals surface area contributed by atoms with Gasteiger partial charge in [-0.25, -0.2) is 0 Å². The van der Waals surface area contributed by atoms with Crippen molar-refractivity contribution in [2.75, 3.05) is 13.7 Å². The molecule has 5 heteroatoms. The van der Waals surface area contributed by atoms with Crippen LogP contribution in [0.2, 0.25) is 0 Å². The number of amides is 1. The highest BCUT2D eigenvalue weighted by molar-refractivity contribution is 9.10. The van der Waals surface area contributed by atoms with Crippen LogP contribution in [-0.4, -0.2) is 36.5 Å². The summed E-state index contributed by atoms with van der Waals surface area (Å²) < 4.78 is 5.83. The van der Waals surface area contributed by atoms with E-state index in [1.807, 2.05) is 17.0 Å². The molecule has 0 spiro atoms. The Hall–Kier alpha value is -1.36. The summed E-state index contributed by atoms with van der Waals surface area (Å²) >= 11 is 3.44. The third-order valence-corrected chi connectivity index (χ3v) is 5.47. The highest BCUT2D eigenvalue weighted by Gasteiger charge is 2.47. The van der Waals surface area contributed by atoms with E-state index in [2.05, 4.69) is 28.1 Å². The van der Waals surface area contributed by atoms with Gasteiger partial charge in [0.05, 0.1) is 13.5 Å². The zero-order chi connectivity index (χ0) is 16.4. The van der Waals surface area contributed by atoms with Crippen molar-refractivity contribution in [3.63, 3.8) is 0 Å². The van der Waals surface area contributed by atoms with Gasteiger partial charge >= 0.3 is 5.97 Å². The van der Waals surface area contributed by atoms with Crippen molar-refractivity contribution < 1.29 is 14.3 Å². The SMILES string of the molecule is COC(=O)C[C@@H]1CCCCN1C(=O)[C@@H]1C[C@H]1c1ccc(Br)cc1. The van der Waals surface area contributed by atoms with Crippen molar-refractivity contribution in [1.29, 1.82) is 0 Å². The fourth-order valence-electron chi connectivity index (χ4n) is 3.54. The number of hydrogen-bond donors (Lipinski definition) is 0. The Morgan fingerprint density at radius 1 is 1.26 bits per heavy atom. The number of nitrogens with zero attached hydrogens (tertiary/aromatic N) is 1. The molecule has 3 rings (SSSR count). The first-order valence-electron chi connectivity index (χ1n) is 8.23. The minimum absolute atomic E-state index is 0.00914. The zero-order valence-corrected chi connectivity index (χ0v) is 14.9. The van der Waals surface area contributed by atoms with E-state index in [1.165, 1.54) is 12.7 Å². The molecule has 3 atom stereocenters. The summed E-state index contributed by atoms with van der Waals surface area (Å²) in [5, 5.41) is 0. The second kappa shape index (κ2) is 7.04. The maximum atomic E-state index is 12.9. The van der Waals surface area contributed by atoms with Gasteiger partial charge in [-0.1, -0.05) is 28.1 Å². The lowest BCUT2D eigenvalue weighted by Gasteiger charge is -2.35. The van der Waals surface area contributed by atoms with Crippen LogP contribution >= 0.6 is 15.9 Å². The lowest BCUT2D eigenvalue weighted by Crippen LogP contribution is -2.45. The van der Waals surface area contributed by atoms with Crippen molar-refractivity contribution in [2.24, 2.45) is 5.92 Å². The monoisotopic (exact) mass is 379 g/mol. The molecule has 1 aromatic carbocycles. The summed E-state index contributed by atoms with van der Waals surface area (Å²) in [6.07, 6.45) is 4.24. The number of hydrogen-bond acceptors (Lipinski definition) is 3. The van der Waals surface area contributed by atoms with Crippen molar-refractivity contribution in [2.45, 2.75) is 44.1 Å². The molecule has 1 saturated heterocycles. The van der Waals surface area contributed by atoms with Gasteiger partial charge in [0.1, 0.15) is 0 Å². The Labute approximate surface area is 145 Å². The summed E-state index contributed by atoms with van der Waals surface area (Å²) in [4.78, 5) is 26.4. The van der Waals surface area contributed by atoms with Crippen molar-refractivity contribution in [3.05, 3.63) is 34.3 Å². The number of carbonyl (C=O) groups is 2. The van der Waals surface area contributed by atoms with Crippen molar-refractivity contribution in [1.82, 2.24) is 4.90 Å². The molecule has 0 bridgehead atoms. The Morgan fingerprint density at radius 3 is 2.70 bits per heavy atom. The molecule has 1 amide bonds. The Bertz CT molecular complexity index is 586. The molecular formula is C18H22BrNO3. The second-order valence-corrected chi connectivity index (χ2v) is 7.38. The molecule has 2 fully saturated rings. The van der Waals surface area contributed by atoms with Gasteiger partial charge in [0.25, 0.3) is 0 Å². The van der Waals surface area contributed by atoms with Crippen LogP contribution in [-0.2, 0) is 14.3 Å². The van der Waals surface area contributed by atoms with Crippen LogP contribution in [0.5, 0.6) is 0 Å². The number of rotatable bonds is 4. The predicted octanol–water partition coefficient (Wildman–Crippen LogP) is 3.50. The maximum Gasteiger partial charge on any atom is 0.307 e. The second-order valence-electron chi connectivity index (χ2n) is 6.46. The first-order chi connectivity index (χ1) is 11.1. The van der Waals surface area contributed by atoms with E-state index < -0.39 is 0 Å². The molecule has 0 aromatic heterocycles. The van der Waals surface area contributed by atoms with Gasteiger partial charge in [0.2, 0.25) is 5.91 Å². The molecule has 1 aliphatic heterocycles. The fraction of sp³-hybridized carbons (Fsp3) is 0.556. The molecule has 0 N–H and O–H groups in total. The smallest absolute Gasteiger partial charge is 0.307 e. The van der Waals surface area contributed by atoms with E-state index in [9.17, 15) is 9.59 Å². The topological polar surface area (TPSA) is 46.6 Å². The lowest BCUT2D eigenvalue weighted by atomic mass is 9.98. The Morgan fingerprint density at radius 2 is 2.00 bits per heavy atom. The highest BCUT2D eigenvalue weighted by Crippen LogP contribution is 2.49. The first-order valence-corrected chi connectivity index (χ1v) is 9.02. The molecule has 0 unspecified atom stereocenters.